The highest BCUT2D eigenvalue weighted by molar-refractivity contribution is 6.03. The second-order valence-electron chi connectivity index (χ2n) is 12.3. The molecular formula is C40H52O16. The van der Waals surface area contributed by atoms with Crippen LogP contribution in [-0.4, -0.2) is 94.6 Å². The van der Waals surface area contributed by atoms with Crippen LogP contribution < -0.4 is 0 Å². The van der Waals surface area contributed by atoms with Gasteiger partial charge in [0.2, 0.25) is 0 Å². The zero-order chi connectivity index (χ0) is 42.2. The van der Waals surface area contributed by atoms with Crippen LogP contribution in [-0.2, 0) is 38.1 Å². The predicted octanol–water partition coefficient (Wildman–Crippen LogP) is 6.00. The molecule has 2 aliphatic rings. The first kappa shape index (κ1) is 48.2. The molecule has 16 nitrogen and oxygen atoms in total. The number of carboxylic acids is 4. The number of rotatable bonds is 12. The molecule has 4 N–H and O–H groups in total. The minimum Gasteiger partial charge on any atom is -0.481 e. The summed E-state index contributed by atoms with van der Waals surface area (Å²) in [4.78, 5) is 88.6. The SMILES string of the molecule is CCOC(=O)C1CCCCC1C(=O)O.CCOC(=O)C1CCCCC1C(=O)O.CCOC(=O)c1ccccc1C(=O)O.CCOC(=O)c1ccccc1C(=O)O. The van der Waals surface area contributed by atoms with E-state index in [1.807, 2.05) is 0 Å². The van der Waals surface area contributed by atoms with E-state index in [1.54, 1.807) is 52.0 Å². The van der Waals surface area contributed by atoms with E-state index < -0.39 is 59.5 Å². The fourth-order valence-electron chi connectivity index (χ4n) is 6.03. The number of ether oxygens (including phenoxy) is 4. The van der Waals surface area contributed by atoms with Crippen molar-refractivity contribution in [1.29, 1.82) is 0 Å². The molecule has 4 atom stereocenters. The van der Waals surface area contributed by atoms with Crippen LogP contribution in [0.4, 0.5) is 0 Å². The molecule has 0 aromatic heterocycles. The van der Waals surface area contributed by atoms with Gasteiger partial charge in [0.05, 0.1) is 72.4 Å². The number of benzene rings is 2. The Kier molecular flexibility index (Phi) is 22.5. The highest BCUT2D eigenvalue weighted by Gasteiger charge is 2.37. The topological polar surface area (TPSA) is 254 Å². The molecule has 2 saturated carbocycles. The second-order valence-corrected chi connectivity index (χ2v) is 12.3. The van der Waals surface area contributed by atoms with Crippen molar-refractivity contribution in [1.82, 2.24) is 0 Å². The van der Waals surface area contributed by atoms with E-state index in [1.165, 1.54) is 24.3 Å². The van der Waals surface area contributed by atoms with Crippen molar-refractivity contribution < 1.29 is 77.7 Å². The number of carboxylic acid groups (broad SMARTS) is 4. The van der Waals surface area contributed by atoms with Crippen LogP contribution in [0.5, 0.6) is 0 Å². The van der Waals surface area contributed by atoms with Crippen molar-refractivity contribution >= 4 is 47.8 Å². The van der Waals surface area contributed by atoms with Gasteiger partial charge in [0, 0.05) is 0 Å². The normalized spacial score (nSPS) is 18.2. The first-order chi connectivity index (χ1) is 26.7. The van der Waals surface area contributed by atoms with Crippen LogP contribution in [0.3, 0.4) is 0 Å². The van der Waals surface area contributed by atoms with Gasteiger partial charge in [0.15, 0.2) is 0 Å². The van der Waals surface area contributed by atoms with Crippen LogP contribution in [0.15, 0.2) is 48.5 Å². The van der Waals surface area contributed by atoms with Gasteiger partial charge in [-0.25, -0.2) is 19.2 Å². The molecule has 2 aromatic carbocycles. The Morgan fingerprint density at radius 1 is 0.446 bits per heavy atom. The van der Waals surface area contributed by atoms with Gasteiger partial charge in [0.25, 0.3) is 0 Å². The van der Waals surface area contributed by atoms with Gasteiger partial charge in [-0.15, -0.1) is 0 Å². The van der Waals surface area contributed by atoms with Crippen molar-refractivity contribution in [3.05, 3.63) is 70.8 Å². The van der Waals surface area contributed by atoms with Crippen molar-refractivity contribution in [2.45, 2.75) is 79.1 Å². The summed E-state index contributed by atoms with van der Waals surface area (Å²) < 4.78 is 19.2. The molecule has 0 aliphatic heterocycles. The maximum Gasteiger partial charge on any atom is 0.338 e. The minimum absolute atomic E-state index is 0.0362. The summed E-state index contributed by atoms with van der Waals surface area (Å²) in [6, 6.07) is 11.9. The third-order valence-corrected chi connectivity index (χ3v) is 8.65. The van der Waals surface area contributed by atoms with Gasteiger partial charge in [-0.05, 0) is 77.6 Å². The number of hydrogen-bond donors (Lipinski definition) is 4. The van der Waals surface area contributed by atoms with E-state index in [-0.39, 0.29) is 47.4 Å². The molecule has 0 radical (unpaired) electrons. The lowest BCUT2D eigenvalue weighted by Crippen LogP contribution is -2.33. The predicted molar refractivity (Wildman–Crippen MR) is 198 cm³/mol. The standard InChI is InChI=1S/2C10H16O4.2C10H10O4/c4*1-2-14-10(13)8-6-4-3-5-7(8)9(11)12/h2*7-8H,2-6H2,1H3,(H,11,12);2*3-6H,2H2,1H3,(H,11,12). The smallest absolute Gasteiger partial charge is 0.338 e. The van der Waals surface area contributed by atoms with Crippen molar-refractivity contribution in [3.8, 4) is 0 Å². The van der Waals surface area contributed by atoms with Crippen LogP contribution in [0.2, 0.25) is 0 Å². The van der Waals surface area contributed by atoms with E-state index in [0.717, 1.165) is 25.7 Å². The maximum atomic E-state index is 11.4. The summed E-state index contributed by atoms with van der Waals surface area (Å²) in [6.45, 7) is 7.90. The Hall–Kier alpha value is -5.80. The summed E-state index contributed by atoms with van der Waals surface area (Å²) in [5.41, 5.74) is 0.0978. The molecule has 0 spiro atoms. The number of aliphatic carboxylic acids is 2. The molecule has 2 fully saturated rings. The van der Waals surface area contributed by atoms with Crippen molar-refractivity contribution in [2.24, 2.45) is 23.7 Å². The maximum absolute atomic E-state index is 11.4. The average Bonchev–Trinajstić information content (AvgIpc) is 3.19. The highest BCUT2D eigenvalue weighted by Crippen LogP contribution is 2.32. The molecule has 2 aromatic rings. The molecule has 0 heterocycles. The monoisotopic (exact) mass is 788 g/mol. The third kappa shape index (κ3) is 15.9. The molecule has 2 aliphatic carbocycles. The van der Waals surface area contributed by atoms with E-state index in [0.29, 0.717) is 38.9 Å². The Morgan fingerprint density at radius 2 is 0.714 bits per heavy atom. The van der Waals surface area contributed by atoms with Gasteiger partial charge in [-0.2, -0.15) is 0 Å². The van der Waals surface area contributed by atoms with Crippen molar-refractivity contribution in [3.63, 3.8) is 0 Å². The fraction of sp³-hybridized carbons (Fsp3) is 0.500. The number of carbonyl (C=O) groups excluding carboxylic acids is 4. The number of aromatic carboxylic acids is 2. The minimum atomic E-state index is -1.13. The lowest BCUT2D eigenvalue weighted by atomic mass is 9.79. The molecule has 16 heteroatoms. The summed E-state index contributed by atoms with van der Waals surface area (Å²) in [5, 5.41) is 35.4. The Bertz CT molecular complexity index is 1510. The molecule has 308 valence electrons. The largest absolute Gasteiger partial charge is 0.481 e. The number of hydrogen-bond acceptors (Lipinski definition) is 12. The fourth-order valence-corrected chi connectivity index (χ4v) is 6.03. The molecule has 4 unspecified atom stereocenters. The van der Waals surface area contributed by atoms with Crippen LogP contribution >= 0.6 is 0 Å². The van der Waals surface area contributed by atoms with Crippen LogP contribution in [0.25, 0.3) is 0 Å². The van der Waals surface area contributed by atoms with E-state index >= 15 is 0 Å². The van der Waals surface area contributed by atoms with Gasteiger partial charge < -0.3 is 39.4 Å². The van der Waals surface area contributed by atoms with Gasteiger partial charge in [0.1, 0.15) is 0 Å². The Labute approximate surface area is 325 Å². The quantitative estimate of drug-likeness (QED) is 0.142. The molecule has 0 saturated heterocycles. The Morgan fingerprint density at radius 3 is 0.964 bits per heavy atom. The van der Waals surface area contributed by atoms with E-state index in [9.17, 15) is 38.4 Å². The molecule has 56 heavy (non-hydrogen) atoms. The van der Waals surface area contributed by atoms with Gasteiger partial charge >= 0.3 is 47.8 Å². The molecule has 4 rings (SSSR count). The highest BCUT2D eigenvalue weighted by atomic mass is 16.5. The number of carbonyl (C=O) groups is 8. The summed E-state index contributed by atoms with van der Waals surface area (Å²) in [7, 11) is 0. The van der Waals surface area contributed by atoms with Gasteiger partial charge in [-0.3, -0.25) is 19.2 Å². The molecule has 0 amide bonds. The summed E-state index contributed by atoms with van der Waals surface area (Å²) in [6.07, 6.45) is 6.13. The number of esters is 4. The van der Waals surface area contributed by atoms with Crippen LogP contribution in [0.1, 0.15) is 120 Å². The molecular weight excluding hydrogens is 736 g/mol. The first-order valence-electron chi connectivity index (χ1n) is 18.4. The zero-order valence-electron chi connectivity index (χ0n) is 32.1. The average molecular weight is 789 g/mol. The lowest BCUT2D eigenvalue weighted by molar-refractivity contribution is -0.159. The van der Waals surface area contributed by atoms with Crippen LogP contribution in [0, 0.1) is 23.7 Å². The second kappa shape index (κ2) is 26.1. The van der Waals surface area contributed by atoms with E-state index in [2.05, 4.69) is 0 Å². The van der Waals surface area contributed by atoms with Gasteiger partial charge in [-0.1, -0.05) is 49.9 Å². The van der Waals surface area contributed by atoms with E-state index in [4.69, 9.17) is 39.4 Å². The lowest BCUT2D eigenvalue weighted by Gasteiger charge is -2.26. The molecule has 0 bridgehead atoms. The van der Waals surface area contributed by atoms with Crippen molar-refractivity contribution in [2.75, 3.05) is 26.4 Å². The Balaban J connectivity index is 0.000000373. The zero-order valence-corrected chi connectivity index (χ0v) is 32.1. The first-order valence-corrected chi connectivity index (χ1v) is 18.4. The summed E-state index contributed by atoms with van der Waals surface area (Å²) >= 11 is 0. The third-order valence-electron chi connectivity index (χ3n) is 8.65. The summed E-state index contributed by atoms with van der Waals surface area (Å²) in [5.74, 6) is -7.85.